The Morgan fingerprint density at radius 1 is 1.20 bits per heavy atom. The summed E-state index contributed by atoms with van der Waals surface area (Å²) >= 11 is 0. The number of Topliss-reactive ketones (excluding diaryl/α,β-unsaturated/α-hetero) is 1. The predicted molar refractivity (Wildman–Crippen MR) is 55.2 cm³/mol. The average Bonchev–Trinajstić information content (AvgIpc) is 2.74. The highest BCUT2D eigenvalue weighted by Crippen LogP contribution is 2.08. The van der Waals surface area contributed by atoms with Crippen molar-refractivity contribution in [1.29, 1.82) is 0 Å². The van der Waals surface area contributed by atoms with Crippen molar-refractivity contribution in [3.8, 4) is 0 Å². The molecule has 1 heterocycles. The molecule has 0 saturated heterocycles. The number of hydrogen-bond donors (Lipinski definition) is 1. The van der Waals surface area contributed by atoms with Crippen molar-refractivity contribution in [3.05, 3.63) is 59.7 Å². The van der Waals surface area contributed by atoms with Gasteiger partial charge in [-0.25, -0.2) is 4.39 Å². The molecule has 76 valence electrons. The smallest absolute Gasteiger partial charge is 0.168 e. The SMILES string of the molecule is O=C(Cc1ccc(F)cc1)c1cc[nH]c1. The summed E-state index contributed by atoms with van der Waals surface area (Å²) in [6, 6.07) is 7.70. The van der Waals surface area contributed by atoms with E-state index in [9.17, 15) is 9.18 Å². The van der Waals surface area contributed by atoms with Crippen LogP contribution in [0.25, 0.3) is 0 Å². The fourth-order valence-electron chi connectivity index (χ4n) is 1.39. The molecule has 1 aromatic heterocycles. The summed E-state index contributed by atoms with van der Waals surface area (Å²) in [5.74, 6) is -0.254. The highest BCUT2D eigenvalue weighted by molar-refractivity contribution is 5.97. The van der Waals surface area contributed by atoms with Crippen LogP contribution in [0.2, 0.25) is 0 Å². The molecule has 0 aliphatic heterocycles. The molecule has 0 fully saturated rings. The van der Waals surface area contributed by atoms with Crippen molar-refractivity contribution in [2.75, 3.05) is 0 Å². The Labute approximate surface area is 86.8 Å². The van der Waals surface area contributed by atoms with Gasteiger partial charge in [-0.2, -0.15) is 0 Å². The molecular weight excluding hydrogens is 193 g/mol. The second-order valence-corrected chi connectivity index (χ2v) is 3.33. The lowest BCUT2D eigenvalue weighted by Crippen LogP contribution is -2.01. The minimum Gasteiger partial charge on any atom is -0.367 e. The maximum absolute atomic E-state index is 12.6. The van der Waals surface area contributed by atoms with E-state index in [2.05, 4.69) is 4.98 Å². The molecule has 0 spiro atoms. The molecule has 0 amide bonds. The van der Waals surface area contributed by atoms with E-state index in [-0.39, 0.29) is 11.6 Å². The van der Waals surface area contributed by atoms with Gasteiger partial charge in [0.15, 0.2) is 5.78 Å². The van der Waals surface area contributed by atoms with Crippen LogP contribution in [-0.4, -0.2) is 10.8 Å². The number of ketones is 1. The third kappa shape index (κ3) is 2.31. The number of halogens is 1. The number of benzene rings is 1. The average molecular weight is 203 g/mol. The Hall–Kier alpha value is -1.90. The number of aromatic amines is 1. The molecule has 3 heteroatoms. The Balaban J connectivity index is 2.09. The van der Waals surface area contributed by atoms with E-state index < -0.39 is 0 Å². The summed E-state index contributed by atoms with van der Waals surface area (Å²) in [5, 5.41) is 0. The standard InChI is InChI=1S/C12H10FNO/c13-11-3-1-9(2-4-11)7-12(15)10-5-6-14-8-10/h1-6,8,14H,7H2. The molecule has 15 heavy (non-hydrogen) atoms. The highest BCUT2D eigenvalue weighted by atomic mass is 19.1. The van der Waals surface area contributed by atoms with Crippen LogP contribution >= 0.6 is 0 Å². The fraction of sp³-hybridized carbons (Fsp3) is 0.0833. The zero-order valence-corrected chi connectivity index (χ0v) is 8.03. The van der Waals surface area contributed by atoms with Crippen LogP contribution in [0, 0.1) is 5.82 Å². The molecule has 0 bridgehead atoms. The first-order valence-electron chi connectivity index (χ1n) is 4.66. The molecule has 0 unspecified atom stereocenters. The van der Waals surface area contributed by atoms with Gasteiger partial charge in [-0.1, -0.05) is 12.1 Å². The summed E-state index contributed by atoms with van der Waals surface area (Å²) in [7, 11) is 0. The van der Waals surface area contributed by atoms with Crippen molar-refractivity contribution in [2.45, 2.75) is 6.42 Å². The van der Waals surface area contributed by atoms with Crippen molar-refractivity contribution < 1.29 is 9.18 Å². The third-order valence-corrected chi connectivity index (χ3v) is 2.20. The fourth-order valence-corrected chi connectivity index (χ4v) is 1.39. The molecule has 2 nitrogen and oxygen atoms in total. The first-order chi connectivity index (χ1) is 7.25. The van der Waals surface area contributed by atoms with Gasteiger partial charge in [-0.15, -0.1) is 0 Å². The van der Waals surface area contributed by atoms with Crippen molar-refractivity contribution in [2.24, 2.45) is 0 Å². The topological polar surface area (TPSA) is 32.9 Å². The lowest BCUT2D eigenvalue weighted by Gasteiger charge is -1.98. The summed E-state index contributed by atoms with van der Waals surface area (Å²) in [4.78, 5) is 14.5. The minimum absolute atomic E-state index is 0.0304. The lowest BCUT2D eigenvalue weighted by molar-refractivity contribution is 0.0993. The van der Waals surface area contributed by atoms with Gasteiger partial charge in [-0.05, 0) is 23.8 Å². The second-order valence-electron chi connectivity index (χ2n) is 3.33. The third-order valence-electron chi connectivity index (χ3n) is 2.20. The van der Waals surface area contributed by atoms with E-state index in [1.54, 1.807) is 30.6 Å². The maximum Gasteiger partial charge on any atom is 0.168 e. The Morgan fingerprint density at radius 2 is 1.93 bits per heavy atom. The molecule has 0 atom stereocenters. The van der Waals surface area contributed by atoms with Gasteiger partial charge >= 0.3 is 0 Å². The number of H-pyrrole nitrogens is 1. The summed E-state index contributed by atoms with van der Waals surface area (Å²) in [6.07, 6.45) is 3.67. The zero-order valence-electron chi connectivity index (χ0n) is 8.03. The number of hydrogen-bond acceptors (Lipinski definition) is 1. The lowest BCUT2D eigenvalue weighted by atomic mass is 10.1. The summed E-state index contributed by atoms with van der Waals surface area (Å²) < 4.78 is 12.6. The van der Waals surface area contributed by atoms with Gasteiger partial charge in [0.1, 0.15) is 5.82 Å². The molecular formula is C12H10FNO. The molecule has 0 aliphatic rings. The highest BCUT2D eigenvalue weighted by Gasteiger charge is 2.06. The molecule has 1 N–H and O–H groups in total. The van der Waals surface area contributed by atoms with Crippen LogP contribution in [0.1, 0.15) is 15.9 Å². The number of carbonyl (C=O) groups excluding carboxylic acids is 1. The largest absolute Gasteiger partial charge is 0.367 e. The van der Waals surface area contributed by atoms with E-state index in [1.165, 1.54) is 12.1 Å². The quantitative estimate of drug-likeness (QED) is 0.764. The Bertz CT molecular complexity index is 445. The molecule has 0 saturated carbocycles. The van der Waals surface area contributed by atoms with Crippen LogP contribution in [0.15, 0.2) is 42.7 Å². The van der Waals surface area contributed by atoms with Crippen LogP contribution in [0.5, 0.6) is 0 Å². The Morgan fingerprint density at radius 3 is 2.53 bits per heavy atom. The maximum atomic E-state index is 12.6. The van der Waals surface area contributed by atoms with Crippen molar-refractivity contribution in [3.63, 3.8) is 0 Å². The van der Waals surface area contributed by atoms with E-state index >= 15 is 0 Å². The van der Waals surface area contributed by atoms with Gasteiger partial charge in [0, 0.05) is 24.4 Å². The van der Waals surface area contributed by atoms with Crippen LogP contribution in [0.4, 0.5) is 4.39 Å². The molecule has 1 aromatic carbocycles. The van der Waals surface area contributed by atoms with Gasteiger partial charge in [0.25, 0.3) is 0 Å². The first-order valence-corrected chi connectivity index (χ1v) is 4.66. The monoisotopic (exact) mass is 203 g/mol. The van der Waals surface area contributed by atoms with Gasteiger partial charge < -0.3 is 4.98 Å². The summed E-state index contributed by atoms with van der Waals surface area (Å²) in [5.41, 5.74) is 1.47. The van der Waals surface area contributed by atoms with Crippen LogP contribution in [0.3, 0.4) is 0 Å². The minimum atomic E-state index is -0.284. The zero-order chi connectivity index (χ0) is 10.7. The van der Waals surface area contributed by atoms with Gasteiger partial charge in [-0.3, -0.25) is 4.79 Å². The molecule has 2 rings (SSSR count). The van der Waals surface area contributed by atoms with Crippen molar-refractivity contribution in [1.82, 2.24) is 4.98 Å². The van der Waals surface area contributed by atoms with E-state index in [1.807, 2.05) is 0 Å². The number of aromatic nitrogens is 1. The van der Waals surface area contributed by atoms with E-state index in [0.717, 1.165) is 5.56 Å². The number of carbonyl (C=O) groups is 1. The molecule has 0 aliphatic carbocycles. The van der Waals surface area contributed by atoms with Crippen LogP contribution < -0.4 is 0 Å². The van der Waals surface area contributed by atoms with Gasteiger partial charge in [0.05, 0.1) is 0 Å². The summed E-state index contributed by atoms with van der Waals surface area (Å²) in [6.45, 7) is 0. The normalized spacial score (nSPS) is 10.2. The van der Waals surface area contributed by atoms with Gasteiger partial charge in [0.2, 0.25) is 0 Å². The van der Waals surface area contributed by atoms with Crippen molar-refractivity contribution >= 4 is 5.78 Å². The van der Waals surface area contributed by atoms with E-state index in [4.69, 9.17) is 0 Å². The first kappa shape index (κ1) is 9.65. The van der Waals surface area contributed by atoms with E-state index in [0.29, 0.717) is 12.0 Å². The molecule has 0 radical (unpaired) electrons. The molecule has 2 aromatic rings. The number of rotatable bonds is 3. The second kappa shape index (κ2) is 4.09. The Kier molecular flexibility index (Phi) is 2.63. The van der Waals surface area contributed by atoms with Crippen LogP contribution in [-0.2, 0) is 6.42 Å². The number of nitrogens with one attached hydrogen (secondary N) is 1. The predicted octanol–water partition coefficient (Wildman–Crippen LogP) is 2.58.